The Labute approximate surface area is 264 Å². The molecule has 2 aliphatic rings. The second-order valence-corrected chi connectivity index (χ2v) is 11.9. The molecule has 0 spiro atoms. The minimum absolute atomic E-state index is 0.544. The van der Waals surface area contributed by atoms with Gasteiger partial charge in [-0.1, -0.05) is 12.1 Å². The lowest BCUT2D eigenvalue weighted by Crippen LogP contribution is -2.05. The zero-order chi connectivity index (χ0) is 30.9. The fraction of sp³-hybridized carbons (Fsp3) is 0.316. The van der Waals surface area contributed by atoms with Crippen molar-refractivity contribution >= 4 is 0 Å². The molecule has 0 atom stereocenters. The molecule has 8 bridgehead atoms. The van der Waals surface area contributed by atoms with E-state index < -0.39 is 0 Å². The maximum Gasteiger partial charge on any atom is 0.248 e. The maximum atomic E-state index is 6.39. The average molecular weight is 603 g/mol. The number of hydrogen-bond acceptors (Lipinski definition) is 7. The van der Waals surface area contributed by atoms with Gasteiger partial charge in [0, 0.05) is 11.1 Å². The molecule has 1 aromatic heterocycles. The molecule has 5 aromatic rings. The molecule has 4 aromatic carbocycles. The van der Waals surface area contributed by atoms with Crippen LogP contribution in [0.1, 0.15) is 44.5 Å². The summed E-state index contributed by atoms with van der Waals surface area (Å²) in [5.41, 5.74) is 11.5. The van der Waals surface area contributed by atoms with Gasteiger partial charge in [-0.3, -0.25) is 0 Å². The molecule has 0 amide bonds. The van der Waals surface area contributed by atoms with E-state index in [9.17, 15) is 0 Å². The van der Waals surface area contributed by atoms with Crippen molar-refractivity contribution in [1.29, 1.82) is 0 Å². The van der Waals surface area contributed by atoms with Gasteiger partial charge in [0.15, 0.2) is 0 Å². The highest BCUT2D eigenvalue weighted by Gasteiger charge is 2.20. The van der Waals surface area contributed by atoms with Crippen LogP contribution in [0.2, 0.25) is 0 Å². The Kier molecular flexibility index (Phi) is 7.92. The summed E-state index contributed by atoms with van der Waals surface area (Å²) in [5.74, 6) is 4.79. The first-order valence-corrected chi connectivity index (χ1v) is 15.6. The zero-order valence-corrected chi connectivity index (χ0v) is 26.4. The third-order valence-electron chi connectivity index (χ3n) is 9.07. The van der Waals surface area contributed by atoms with Crippen molar-refractivity contribution < 1.29 is 23.4 Å². The van der Waals surface area contributed by atoms with E-state index >= 15 is 0 Å². The topological polar surface area (TPSA) is 75.8 Å². The van der Waals surface area contributed by atoms with Crippen LogP contribution in [0.4, 0.5) is 0 Å². The van der Waals surface area contributed by atoms with Gasteiger partial charge < -0.3 is 23.4 Å². The molecule has 7 rings (SSSR count). The minimum Gasteiger partial charge on any atom is -0.497 e. The van der Waals surface area contributed by atoms with Gasteiger partial charge in [-0.2, -0.15) is 0 Å². The fourth-order valence-electron chi connectivity index (χ4n) is 6.87. The lowest BCUT2D eigenvalue weighted by atomic mass is 9.92. The molecule has 0 saturated carbocycles. The van der Waals surface area contributed by atoms with Crippen molar-refractivity contribution in [1.82, 2.24) is 10.2 Å². The molecule has 0 fully saturated rings. The third kappa shape index (κ3) is 5.87. The average Bonchev–Trinajstić information content (AvgIpc) is 3.57. The van der Waals surface area contributed by atoms with Crippen molar-refractivity contribution in [3.63, 3.8) is 0 Å². The minimum atomic E-state index is 0.544. The predicted molar refractivity (Wildman–Crippen MR) is 174 cm³/mol. The number of aryl methyl sites for hydroxylation is 8. The molecule has 7 nitrogen and oxygen atoms in total. The van der Waals surface area contributed by atoms with Crippen molar-refractivity contribution in [2.75, 3.05) is 28.4 Å². The summed E-state index contributed by atoms with van der Waals surface area (Å²) in [7, 11) is 6.95. The molecule has 45 heavy (non-hydrogen) atoms. The van der Waals surface area contributed by atoms with Gasteiger partial charge in [0.1, 0.15) is 23.0 Å². The normalized spacial score (nSPS) is 14.0. The van der Waals surface area contributed by atoms with Crippen LogP contribution < -0.4 is 18.9 Å². The molecular formula is C38H38N2O5. The summed E-state index contributed by atoms with van der Waals surface area (Å²) in [4.78, 5) is 0. The fourth-order valence-corrected chi connectivity index (χ4v) is 6.87. The van der Waals surface area contributed by atoms with E-state index in [-0.39, 0.29) is 0 Å². The van der Waals surface area contributed by atoms with Crippen molar-refractivity contribution in [2.24, 2.45) is 0 Å². The van der Waals surface area contributed by atoms with E-state index in [0.29, 0.717) is 11.8 Å². The predicted octanol–water partition coefficient (Wildman–Crippen LogP) is 7.21. The first-order valence-electron chi connectivity index (χ1n) is 15.6. The first kappa shape index (κ1) is 29.0. The van der Waals surface area contributed by atoms with E-state index in [0.717, 1.165) is 85.5 Å². The summed E-state index contributed by atoms with van der Waals surface area (Å²) in [5, 5.41) is 9.06. The molecule has 0 unspecified atom stereocenters. The number of ether oxygens (including phenoxy) is 4. The van der Waals surface area contributed by atoms with Crippen LogP contribution in [-0.4, -0.2) is 38.6 Å². The van der Waals surface area contributed by atoms with Gasteiger partial charge in [0.25, 0.3) is 0 Å². The van der Waals surface area contributed by atoms with Gasteiger partial charge in [-0.15, -0.1) is 10.2 Å². The lowest BCUT2D eigenvalue weighted by molar-refractivity contribution is 0.393. The van der Waals surface area contributed by atoms with E-state index in [1.165, 1.54) is 44.5 Å². The van der Waals surface area contributed by atoms with Crippen molar-refractivity contribution in [2.45, 2.75) is 51.4 Å². The Bertz CT molecular complexity index is 1650. The molecule has 2 aliphatic carbocycles. The molecule has 230 valence electrons. The summed E-state index contributed by atoms with van der Waals surface area (Å²) in [6.45, 7) is 0. The first-order chi connectivity index (χ1) is 22.0. The highest BCUT2D eigenvalue weighted by atomic mass is 16.5. The quantitative estimate of drug-likeness (QED) is 0.203. The summed E-state index contributed by atoms with van der Waals surface area (Å²) >= 11 is 0. The number of benzene rings is 4. The highest BCUT2D eigenvalue weighted by Crippen LogP contribution is 2.36. The van der Waals surface area contributed by atoms with Crippen LogP contribution in [0, 0.1) is 0 Å². The summed E-state index contributed by atoms with van der Waals surface area (Å²) < 4.78 is 29.3. The number of nitrogens with zero attached hydrogens (tertiary/aromatic N) is 2. The molecule has 7 heteroatoms. The Morgan fingerprint density at radius 2 is 0.756 bits per heavy atom. The molecule has 1 heterocycles. The number of fused-ring (bicyclic) bond motifs is 8. The Morgan fingerprint density at radius 1 is 0.422 bits per heavy atom. The van der Waals surface area contributed by atoms with Crippen LogP contribution >= 0.6 is 0 Å². The van der Waals surface area contributed by atoms with E-state index in [1.54, 1.807) is 28.4 Å². The second-order valence-electron chi connectivity index (χ2n) is 11.9. The molecule has 0 N–H and O–H groups in total. The second kappa shape index (κ2) is 12.3. The summed E-state index contributed by atoms with van der Waals surface area (Å²) in [6, 6.07) is 21.7. The van der Waals surface area contributed by atoms with Crippen molar-refractivity contribution in [3.05, 3.63) is 105 Å². The van der Waals surface area contributed by atoms with Gasteiger partial charge in [-0.25, -0.2) is 0 Å². The number of methoxy groups -OCH3 is 4. The maximum absolute atomic E-state index is 6.39. The molecule has 0 aliphatic heterocycles. The van der Waals surface area contributed by atoms with E-state index in [1.807, 2.05) is 0 Å². The van der Waals surface area contributed by atoms with Crippen molar-refractivity contribution in [3.8, 4) is 45.9 Å². The Morgan fingerprint density at radius 3 is 1.04 bits per heavy atom. The smallest absolute Gasteiger partial charge is 0.248 e. The SMILES string of the molecule is COc1cc2c(OC)c(c1)CCc1cc(cc(-c3nnc(-c4cc5cc(c4)CCc4cc(OC)cc(c4OC)CC5)o3)c1)CC2. The standard InChI is InChI=1S/C38H38N2O5/c1-41-33-19-27-9-5-23-13-24(6-10-28(20-33)35(27)43-3)16-31(15-23)37-39-40-38(45-37)32-17-25-7-11-29-21-34(42-2)22-30(36(29)44-4)12-8-26(14-25)18-32/h13-22H,5-12H2,1-4H3. The largest absolute Gasteiger partial charge is 0.497 e. The van der Waals surface area contributed by atoms with Crippen LogP contribution in [0.3, 0.4) is 0 Å². The Hall–Kier alpha value is -4.78. The van der Waals surface area contributed by atoms with Gasteiger partial charge in [0.05, 0.1) is 28.4 Å². The third-order valence-corrected chi connectivity index (χ3v) is 9.07. The number of aromatic nitrogens is 2. The molecule has 0 radical (unpaired) electrons. The van der Waals surface area contributed by atoms with Crippen LogP contribution in [0.5, 0.6) is 23.0 Å². The van der Waals surface area contributed by atoms with E-state index in [4.69, 9.17) is 23.4 Å². The number of hydrogen-bond donors (Lipinski definition) is 0. The van der Waals surface area contributed by atoms with Gasteiger partial charge in [-0.05, 0) is 144 Å². The Balaban J connectivity index is 1.17. The van der Waals surface area contributed by atoms with Crippen LogP contribution in [-0.2, 0) is 51.4 Å². The van der Waals surface area contributed by atoms with Crippen LogP contribution in [0.15, 0.2) is 65.1 Å². The van der Waals surface area contributed by atoms with Gasteiger partial charge >= 0.3 is 0 Å². The summed E-state index contributed by atoms with van der Waals surface area (Å²) in [6.07, 6.45) is 6.88. The molecule has 0 saturated heterocycles. The lowest BCUT2D eigenvalue weighted by Gasteiger charge is -2.18. The zero-order valence-electron chi connectivity index (χ0n) is 26.4. The van der Waals surface area contributed by atoms with E-state index in [2.05, 4.69) is 70.9 Å². The highest BCUT2D eigenvalue weighted by molar-refractivity contribution is 5.62. The molecular weight excluding hydrogens is 564 g/mol. The van der Waals surface area contributed by atoms with Gasteiger partial charge in [0.2, 0.25) is 11.8 Å². The van der Waals surface area contributed by atoms with Crippen LogP contribution in [0.25, 0.3) is 22.9 Å². The number of rotatable bonds is 6. The monoisotopic (exact) mass is 602 g/mol.